The number of carboxylic acid groups (broad SMARTS) is 1. The van der Waals surface area contributed by atoms with Gasteiger partial charge in [0, 0.05) is 18.4 Å². The zero-order valence-corrected chi connectivity index (χ0v) is 10.3. The van der Waals surface area contributed by atoms with E-state index >= 15 is 0 Å². The molecule has 0 atom stereocenters. The fraction of sp³-hybridized carbons (Fsp3) is 0.462. The molecule has 0 fully saturated rings. The van der Waals surface area contributed by atoms with Crippen LogP contribution in [0.3, 0.4) is 0 Å². The van der Waals surface area contributed by atoms with E-state index in [-0.39, 0.29) is 12.2 Å². The van der Waals surface area contributed by atoms with E-state index in [1.807, 2.05) is 0 Å². The van der Waals surface area contributed by atoms with Crippen LogP contribution >= 0.6 is 0 Å². The van der Waals surface area contributed by atoms with E-state index in [4.69, 9.17) is 20.7 Å². The number of nitrogens with two attached hydrogens (primary N) is 1. The van der Waals surface area contributed by atoms with Crippen LogP contribution in [0.15, 0.2) is 18.2 Å². The Balaban J connectivity index is 2.45. The molecule has 1 aromatic rings. The summed E-state index contributed by atoms with van der Waals surface area (Å²) in [4.78, 5) is 11.0. The summed E-state index contributed by atoms with van der Waals surface area (Å²) in [5.74, 6) is -0.713. The van der Waals surface area contributed by atoms with Gasteiger partial charge in [0.2, 0.25) is 0 Å². The number of anilines is 1. The Morgan fingerprint density at radius 3 is 2.61 bits per heavy atom. The number of hydrogen-bond donors (Lipinski definition) is 3. The quantitative estimate of drug-likeness (QED) is 0.486. The van der Waals surface area contributed by atoms with Crippen molar-refractivity contribution in [1.29, 1.82) is 0 Å². The molecule has 5 nitrogen and oxygen atoms in total. The predicted molar refractivity (Wildman–Crippen MR) is 68.9 cm³/mol. The summed E-state index contributed by atoms with van der Waals surface area (Å²) in [5, 5.41) is 17.6. The van der Waals surface area contributed by atoms with Crippen LogP contribution < -0.4 is 10.5 Å². The molecule has 0 heterocycles. The molecule has 0 spiro atoms. The summed E-state index contributed by atoms with van der Waals surface area (Å²) in [5.41, 5.74) is 6.20. The Morgan fingerprint density at radius 1 is 1.22 bits per heavy atom. The molecule has 18 heavy (non-hydrogen) atoms. The highest BCUT2D eigenvalue weighted by Gasteiger charge is 2.11. The molecule has 0 aliphatic rings. The third kappa shape index (κ3) is 4.63. The molecule has 0 aliphatic heterocycles. The van der Waals surface area contributed by atoms with Gasteiger partial charge < -0.3 is 20.7 Å². The summed E-state index contributed by atoms with van der Waals surface area (Å²) in [6.45, 7) is 0.661. The van der Waals surface area contributed by atoms with Gasteiger partial charge >= 0.3 is 5.97 Å². The van der Waals surface area contributed by atoms with E-state index in [0.717, 1.165) is 25.7 Å². The molecule has 0 aromatic heterocycles. The van der Waals surface area contributed by atoms with Crippen LogP contribution in [0.5, 0.6) is 5.75 Å². The lowest BCUT2D eigenvalue weighted by Crippen LogP contribution is -2.05. The molecule has 0 saturated carbocycles. The third-order valence-electron chi connectivity index (χ3n) is 2.55. The number of aliphatic hydroxyl groups excluding tert-OH is 1. The minimum absolute atomic E-state index is 0.125. The number of nitrogen functional groups attached to an aromatic ring is 1. The molecule has 100 valence electrons. The smallest absolute Gasteiger partial charge is 0.339 e. The fourth-order valence-electron chi connectivity index (χ4n) is 1.58. The molecule has 5 heteroatoms. The summed E-state index contributed by atoms with van der Waals surface area (Å²) in [7, 11) is 0. The number of aromatic carboxylic acids is 1. The van der Waals surface area contributed by atoms with E-state index in [1.165, 1.54) is 18.2 Å². The number of benzene rings is 1. The molecule has 0 amide bonds. The van der Waals surface area contributed by atoms with Crippen LogP contribution in [-0.4, -0.2) is 29.4 Å². The molecule has 0 saturated heterocycles. The lowest BCUT2D eigenvalue weighted by atomic mass is 10.2. The van der Waals surface area contributed by atoms with Crippen LogP contribution in [0.2, 0.25) is 0 Å². The van der Waals surface area contributed by atoms with Crippen molar-refractivity contribution in [3.05, 3.63) is 23.8 Å². The average Bonchev–Trinajstić information content (AvgIpc) is 2.33. The van der Waals surface area contributed by atoms with E-state index in [0.29, 0.717) is 18.0 Å². The van der Waals surface area contributed by atoms with Crippen molar-refractivity contribution in [2.24, 2.45) is 0 Å². The Morgan fingerprint density at radius 2 is 1.94 bits per heavy atom. The summed E-state index contributed by atoms with van der Waals surface area (Å²) >= 11 is 0. The van der Waals surface area contributed by atoms with E-state index < -0.39 is 5.97 Å². The molecule has 0 bridgehead atoms. The standard InChI is InChI=1S/C13H19NO4/c14-10-5-6-11(13(16)17)12(9-10)18-8-4-2-1-3-7-15/h5-6,9,15H,1-4,7-8,14H2,(H,16,17). The molecule has 0 aliphatic carbocycles. The highest BCUT2D eigenvalue weighted by Crippen LogP contribution is 2.22. The second-order valence-corrected chi connectivity index (χ2v) is 4.05. The molecule has 4 N–H and O–H groups in total. The second-order valence-electron chi connectivity index (χ2n) is 4.05. The van der Waals surface area contributed by atoms with E-state index in [2.05, 4.69) is 0 Å². The highest BCUT2D eigenvalue weighted by molar-refractivity contribution is 5.91. The number of ether oxygens (including phenoxy) is 1. The summed E-state index contributed by atoms with van der Waals surface area (Å²) in [6, 6.07) is 4.51. The lowest BCUT2D eigenvalue weighted by Gasteiger charge is -2.09. The maximum absolute atomic E-state index is 11.0. The minimum atomic E-state index is -1.02. The van der Waals surface area contributed by atoms with Gasteiger partial charge in [-0.05, 0) is 31.4 Å². The number of carbonyl (C=O) groups is 1. The molecule has 0 radical (unpaired) electrons. The van der Waals surface area contributed by atoms with Gasteiger partial charge in [-0.2, -0.15) is 0 Å². The van der Waals surface area contributed by atoms with Crippen LogP contribution in [0.1, 0.15) is 36.0 Å². The van der Waals surface area contributed by atoms with Gasteiger partial charge in [0.05, 0.1) is 6.61 Å². The Hall–Kier alpha value is -1.75. The third-order valence-corrected chi connectivity index (χ3v) is 2.55. The van der Waals surface area contributed by atoms with E-state index in [1.54, 1.807) is 0 Å². The van der Waals surface area contributed by atoms with Gasteiger partial charge in [0.1, 0.15) is 11.3 Å². The first-order valence-electron chi connectivity index (χ1n) is 6.01. The molecule has 1 rings (SSSR count). The predicted octanol–water partition coefficient (Wildman–Crippen LogP) is 1.90. The maximum atomic E-state index is 11.0. The van der Waals surface area contributed by atoms with Crippen LogP contribution in [0.25, 0.3) is 0 Å². The largest absolute Gasteiger partial charge is 0.493 e. The minimum Gasteiger partial charge on any atom is -0.493 e. The number of hydrogen-bond acceptors (Lipinski definition) is 4. The average molecular weight is 253 g/mol. The normalized spacial score (nSPS) is 10.3. The summed E-state index contributed by atoms with van der Waals surface area (Å²) in [6.07, 6.45) is 3.51. The second kappa shape index (κ2) is 7.55. The first-order valence-corrected chi connectivity index (χ1v) is 6.01. The van der Waals surface area contributed by atoms with Gasteiger partial charge in [-0.25, -0.2) is 4.79 Å². The Bertz CT molecular complexity index is 393. The van der Waals surface area contributed by atoms with Gasteiger partial charge in [-0.15, -0.1) is 0 Å². The number of aliphatic hydroxyl groups is 1. The van der Waals surface area contributed by atoms with Crippen molar-refractivity contribution < 1.29 is 19.7 Å². The highest BCUT2D eigenvalue weighted by atomic mass is 16.5. The first-order chi connectivity index (χ1) is 8.65. The molecule has 1 aromatic carbocycles. The lowest BCUT2D eigenvalue weighted by molar-refractivity contribution is 0.0692. The molecular weight excluding hydrogens is 234 g/mol. The van der Waals surface area contributed by atoms with Crippen LogP contribution in [-0.2, 0) is 0 Å². The number of unbranched alkanes of at least 4 members (excludes halogenated alkanes) is 3. The zero-order valence-electron chi connectivity index (χ0n) is 10.3. The SMILES string of the molecule is Nc1ccc(C(=O)O)c(OCCCCCCO)c1. The van der Waals surface area contributed by atoms with Crippen LogP contribution in [0.4, 0.5) is 5.69 Å². The first kappa shape index (κ1) is 14.3. The van der Waals surface area contributed by atoms with Crippen LogP contribution in [0, 0.1) is 0 Å². The Kier molecular flexibility index (Phi) is 6.00. The van der Waals surface area contributed by atoms with Crippen molar-refractivity contribution in [1.82, 2.24) is 0 Å². The van der Waals surface area contributed by atoms with Gasteiger partial charge in [-0.3, -0.25) is 0 Å². The topological polar surface area (TPSA) is 92.8 Å². The van der Waals surface area contributed by atoms with Gasteiger partial charge in [0.25, 0.3) is 0 Å². The van der Waals surface area contributed by atoms with Crippen molar-refractivity contribution in [3.63, 3.8) is 0 Å². The van der Waals surface area contributed by atoms with Crippen molar-refractivity contribution in [3.8, 4) is 5.75 Å². The fourth-order valence-corrected chi connectivity index (χ4v) is 1.58. The number of rotatable bonds is 8. The van der Waals surface area contributed by atoms with Crippen molar-refractivity contribution >= 4 is 11.7 Å². The van der Waals surface area contributed by atoms with Crippen molar-refractivity contribution in [2.45, 2.75) is 25.7 Å². The Labute approximate surface area is 106 Å². The zero-order chi connectivity index (χ0) is 13.4. The van der Waals surface area contributed by atoms with Gasteiger partial charge in [0.15, 0.2) is 0 Å². The summed E-state index contributed by atoms with van der Waals surface area (Å²) < 4.78 is 5.44. The molecule has 0 unspecified atom stereocenters. The maximum Gasteiger partial charge on any atom is 0.339 e. The monoisotopic (exact) mass is 253 g/mol. The number of carboxylic acids is 1. The van der Waals surface area contributed by atoms with Crippen molar-refractivity contribution in [2.75, 3.05) is 18.9 Å². The molecular formula is C13H19NO4. The van der Waals surface area contributed by atoms with Gasteiger partial charge in [-0.1, -0.05) is 6.42 Å². The van der Waals surface area contributed by atoms with E-state index in [9.17, 15) is 4.79 Å².